The Morgan fingerprint density at radius 3 is 2.51 bits per heavy atom. The first-order valence-corrected chi connectivity index (χ1v) is 14.9. The summed E-state index contributed by atoms with van der Waals surface area (Å²) in [6.07, 6.45) is 3.95. The summed E-state index contributed by atoms with van der Waals surface area (Å²) in [4.78, 5) is 31.8. The fourth-order valence-corrected chi connectivity index (χ4v) is 10.1. The van der Waals surface area contributed by atoms with Crippen LogP contribution in [0, 0.1) is 17.8 Å². The van der Waals surface area contributed by atoms with Gasteiger partial charge in [0.05, 0.1) is 18.2 Å². The predicted molar refractivity (Wildman–Crippen MR) is 142 cm³/mol. The molecule has 6 nitrogen and oxygen atoms in total. The maximum absolute atomic E-state index is 13.3. The Bertz CT molecular complexity index is 1130. The zero-order valence-corrected chi connectivity index (χ0v) is 22.3. The number of carbonyl (C=O) groups excluding carboxylic acids is 1. The molecule has 3 heterocycles. The topological polar surface area (TPSA) is 54.8 Å². The number of anilines is 1. The number of hydrogen-bond donors (Lipinski definition) is 0. The first-order chi connectivity index (χ1) is 17.1. The summed E-state index contributed by atoms with van der Waals surface area (Å²) in [5.74, 6) is 2.37. The summed E-state index contributed by atoms with van der Waals surface area (Å²) < 4.78 is 7.20. The van der Waals surface area contributed by atoms with Gasteiger partial charge in [-0.05, 0) is 68.6 Å². The Labute approximate surface area is 215 Å². The SMILES string of the molecule is CCN(CC)c1ccc([C@@H]2c3sc(=O)n(CC(=O)N4CCOCC4)c3S[C@@H]3[C@H]4CC[C@@H](C4)[C@@H]23)cc1. The van der Waals surface area contributed by atoms with Crippen molar-refractivity contribution in [1.82, 2.24) is 9.47 Å². The molecular weight excluding hydrogens is 478 g/mol. The van der Waals surface area contributed by atoms with Crippen molar-refractivity contribution in [2.75, 3.05) is 44.3 Å². The van der Waals surface area contributed by atoms with Crippen molar-refractivity contribution in [3.8, 4) is 0 Å². The molecule has 1 aromatic carbocycles. The van der Waals surface area contributed by atoms with Crippen LogP contribution < -0.4 is 9.77 Å². The monoisotopic (exact) mass is 513 g/mol. The summed E-state index contributed by atoms with van der Waals surface area (Å²) in [5.41, 5.74) is 2.59. The third-order valence-corrected chi connectivity index (χ3v) is 11.6. The number of morpholine rings is 1. The molecule has 5 atom stereocenters. The second kappa shape index (κ2) is 9.60. The van der Waals surface area contributed by atoms with E-state index in [2.05, 4.69) is 43.0 Å². The van der Waals surface area contributed by atoms with E-state index in [4.69, 9.17) is 4.74 Å². The average Bonchev–Trinajstić information content (AvgIpc) is 3.59. The summed E-state index contributed by atoms with van der Waals surface area (Å²) in [5, 5.41) is 1.61. The molecule has 2 saturated carbocycles. The molecular formula is C27H35N3O3S2. The number of nitrogens with zero attached hydrogens (tertiary/aromatic N) is 3. The Morgan fingerprint density at radius 1 is 1.09 bits per heavy atom. The molecule has 2 aliphatic heterocycles. The molecule has 1 saturated heterocycles. The minimum Gasteiger partial charge on any atom is -0.378 e. The summed E-state index contributed by atoms with van der Waals surface area (Å²) in [7, 11) is 0. The third-order valence-electron chi connectivity index (χ3n) is 8.73. The van der Waals surface area contributed by atoms with Crippen LogP contribution in [0.5, 0.6) is 0 Å². The number of hydrogen-bond acceptors (Lipinski definition) is 6. The summed E-state index contributed by atoms with van der Waals surface area (Å²) in [6, 6.07) is 9.12. The molecule has 35 heavy (non-hydrogen) atoms. The lowest BCUT2D eigenvalue weighted by Gasteiger charge is -2.40. The Kier molecular flexibility index (Phi) is 6.48. The van der Waals surface area contributed by atoms with Crippen LogP contribution in [0.25, 0.3) is 0 Å². The van der Waals surface area contributed by atoms with Gasteiger partial charge in [0.2, 0.25) is 5.91 Å². The van der Waals surface area contributed by atoms with Crippen molar-refractivity contribution in [2.24, 2.45) is 17.8 Å². The minimum atomic E-state index is 0.0150. The summed E-state index contributed by atoms with van der Waals surface area (Å²) in [6.45, 7) is 8.92. The van der Waals surface area contributed by atoms with E-state index in [0.29, 0.717) is 37.5 Å². The van der Waals surface area contributed by atoms with Gasteiger partial charge in [0.25, 0.3) is 0 Å². The quantitative estimate of drug-likeness (QED) is 0.578. The molecule has 6 rings (SSSR count). The highest BCUT2D eigenvalue weighted by atomic mass is 32.2. The van der Waals surface area contributed by atoms with E-state index < -0.39 is 0 Å². The van der Waals surface area contributed by atoms with E-state index >= 15 is 0 Å². The van der Waals surface area contributed by atoms with Crippen LogP contribution in [0.15, 0.2) is 34.1 Å². The normalized spacial score (nSPS) is 29.2. The van der Waals surface area contributed by atoms with Crippen molar-refractivity contribution < 1.29 is 9.53 Å². The first-order valence-electron chi connectivity index (χ1n) is 13.2. The van der Waals surface area contributed by atoms with E-state index in [0.717, 1.165) is 30.0 Å². The first kappa shape index (κ1) is 23.6. The zero-order chi connectivity index (χ0) is 24.1. The van der Waals surface area contributed by atoms with Crippen molar-refractivity contribution >= 4 is 34.7 Å². The predicted octanol–water partition coefficient (Wildman–Crippen LogP) is 4.27. The zero-order valence-electron chi connectivity index (χ0n) is 20.7. The van der Waals surface area contributed by atoms with Gasteiger partial charge in [-0.1, -0.05) is 23.5 Å². The van der Waals surface area contributed by atoms with E-state index in [-0.39, 0.29) is 23.2 Å². The Hall–Kier alpha value is -1.77. The Balaban J connectivity index is 1.37. The van der Waals surface area contributed by atoms with Gasteiger partial charge in [-0.2, -0.15) is 0 Å². The van der Waals surface area contributed by atoms with Crippen molar-refractivity contribution in [1.29, 1.82) is 0 Å². The number of amides is 1. The standard InChI is InChI=1S/C27H35N3O3S2/c1-3-28(4-2)20-9-7-17(8-10-20)22-23-18-5-6-19(15-18)24(23)34-26-25(22)35-27(32)30(26)16-21(31)29-11-13-33-14-12-29/h7-10,18-19,22-24H,3-6,11-16H2,1-2H3/t18-,19-,22-,23-,24+/m0/s1. The lowest BCUT2D eigenvalue weighted by Crippen LogP contribution is -2.43. The lowest BCUT2D eigenvalue weighted by atomic mass is 9.75. The molecule has 3 fully saturated rings. The maximum atomic E-state index is 13.3. The number of thioether (sulfide) groups is 1. The van der Waals surface area contributed by atoms with E-state index in [9.17, 15) is 9.59 Å². The number of carbonyl (C=O) groups is 1. The molecule has 8 heteroatoms. The number of aromatic nitrogens is 1. The highest BCUT2D eigenvalue weighted by Gasteiger charge is 2.55. The highest BCUT2D eigenvalue weighted by molar-refractivity contribution is 8.00. The van der Waals surface area contributed by atoms with Crippen molar-refractivity contribution in [2.45, 2.75) is 55.8 Å². The van der Waals surface area contributed by atoms with Gasteiger partial charge in [0, 0.05) is 47.9 Å². The van der Waals surface area contributed by atoms with Crippen LogP contribution in [0.1, 0.15) is 49.5 Å². The van der Waals surface area contributed by atoms with Crippen LogP contribution in [0.3, 0.4) is 0 Å². The molecule has 188 valence electrons. The van der Waals surface area contributed by atoms with Gasteiger partial charge in [0.1, 0.15) is 6.54 Å². The molecule has 0 spiro atoms. The van der Waals surface area contributed by atoms with Crippen LogP contribution in [-0.4, -0.2) is 60.0 Å². The maximum Gasteiger partial charge on any atom is 0.308 e. The van der Waals surface area contributed by atoms with E-state index in [1.807, 2.05) is 16.7 Å². The van der Waals surface area contributed by atoms with Crippen LogP contribution in [-0.2, 0) is 16.1 Å². The van der Waals surface area contributed by atoms with E-state index in [1.54, 1.807) is 4.57 Å². The molecule has 2 bridgehead atoms. The van der Waals surface area contributed by atoms with Gasteiger partial charge in [-0.15, -0.1) is 11.8 Å². The molecule has 4 aliphatic rings. The Morgan fingerprint density at radius 2 is 1.80 bits per heavy atom. The molecule has 0 radical (unpaired) electrons. The molecule has 1 amide bonds. The van der Waals surface area contributed by atoms with Gasteiger partial charge in [-0.25, -0.2) is 0 Å². The fourth-order valence-electron chi connectivity index (χ4n) is 6.99. The second-order valence-corrected chi connectivity index (χ2v) is 12.5. The van der Waals surface area contributed by atoms with Gasteiger partial charge < -0.3 is 14.5 Å². The molecule has 1 aromatic heterocycles. The van der Waals surface area contributed by atoms with Crippen LogP contribution in [0.2, 0.25) is 0 Å². The average molecular weight is 514 g/mol. The van der Waals surface area contributed by atoms with Gasteiger partial charge in [0.15, 0.2) is 0 Å². The minimum absolute atomic E-state index is 0.0150. The smallest absolute Gasteiger partial charge is 0.308 e. The largest absolute Gasteiger partial charge is 0.378 e. The highest BCUT2D eigenvalue weighted by Crippen LogP contribution is 2.64. The van der Waals surface area contributed by atoms with Gasteiger partial charge in [-0.3, -0.25) is 14.2 Å². The number of thiazole rings is 1. The molecule has 2 aromatic rings. The van der Waals surface area contributed by atoms with Crippen LogP contribution in [0.4, 0.5) is 5.69 Å². The number of fused-ring (bicyclic) bond motifs is 6. The number of benzene rings is 1. The van der Waals surface area contributed by atoms with Gasteiger partial charge >= 0.3 is 4.87 Å². The lowest BCUT2D eigenvalue weighted by molar-refractivity contribution is -0.136. The summed E-state index contributed by atoms with van der Waals surface area (Å²) >= 11 is 3.30. The number of rotatable bonds is 6. The van der Waals surface area contributed by atoms with Crippen molar-refractivity contribution in [3.05, 3.63) is 44.4 Å². The molecule has 0 N–H and O–H groups in total. The fraction of sp³-hybridized carbons (Fsp3) is 0.630. The second-order valence-electron chi connectivity index (χ2n) is 10.4. The third kappa shape index (κ3) is 4.05. The molecule has 2 aliphatic carbocycles. The molecule has 0 unspecified atom stereocenters. The van der Waals surface area contributed by atoms with Crippen LogP contribution >= 0.6 is 23.1 Å². The van der Waals surface area contributed by atoms with E-state index in [1.165, 1.54) is 46.7 Å². The number of ether oxygens (including phenoxy) is 1. The van der Waals surface area contributed by atoms with Crippen molar-refractivity contribution in [3.63, 3.8) is 0 Å².